The number of fused-ring (bicyclic) bond motifs is 2. The Balaban J connectivity index is 1.43. The highest BCUT2D eigenvalue weighted by Gasteiger charge is 2.43. The average Bonchev–Trinajstić information content (AvgIpc) is 3.65. The molecule has 218 valence electrons. The van der Waals surface area contributed by atoms with E-state index in [0.29, 0.717) is 57.3 Å². The van der Waals surface area contributed by atoms with Crippen LogP contribution < -0.4 is 38.6 Å². The van der Waals surface area contributed by atoms with E-state index in [0.717, 1.165) is 10.2 Å². The van der Waals surface area contributed by atoms with Crippen molar-refractivity contribution in [2.75, 3.05) is 45.4 Å². The zero-order valence-electron chi connectivity index (χ0n) is 23.5. The van der Waals surface area contributed by atoms with Gasteiger partial charge in [0.15, 0.2) is 28.1 Å². The molecule has 6 rings (SSSR count). The molecule has 1 saturated heterocycles. The summed E-state index contributed by atoms with van der Waals surface area (Å²) in [6.07, 6.45) is 0.496. The normalized spacial score (nSPS) is 17.7. The lowest BCUT2D eigenvalue weighted by atomic mass is 9.83. The summed E-state index contributed by atoms with van der Waals surface area (Å²) >= 11 is 1.35. The van der Waals surface area contributed by atoms with Gasteiger partial charge in [0, 0.05) is 18.2 Å². The van der Waals surface area contributed by atoms with Crippen LogP contribution >= 0.6 is 11.3 Å². The van der Waals surface area contributed by atoms with E-state index >= 15 is 0 Å². The van der Waals surface area contributed by atoms with Crippen LogP contribution in [-0.4, -0.2) is 52.0 Å². The van der Waals surface area contributed by atoms with Gasteiger partial charge in [0.05, 0.1) is 50.6 Å². The third-order valence-corrected chi connectivity index (χ3v) is 8.36. The number of piperidine rings is 1. The quantitative estimate of drug-likeness (QED) is 0.296. The number of rotatable bonds is 8. The minimum absolute atomic E-state index is 0.0993. The molecule has 0 bridgehead atoms. The molecule has 1 aromatic heterocycles. The number of methoxy groups -OCH3 is 4. The fourth-order valence-corrected chi connectivity index (χ4v) is 6.34. The van der Waals surface area contributed by atoms with Crippen LogP contribution in [-0.2, 0) is 9.59 Å². The molecular weight excluding hydrogens is 562 g/mol. The van der Waals surface area contributed by atoms with E-state index < -0.39 is 12.0 Å². The molecule has 3 heterocycles. The molecule has 12 heteroatoms. The van der Waals surface area contributed by atoms with E-state index in [1.54, 1.807) is 42.3 Å². The molecule has 1 fully saturated rings. The van der Waals surface area contributed by atoms with E-state index in [9.17, 15) is 9.59 Å². The Labute approximate surface area is 245 Å². The van der Waals surface area contributed by atoms with Crippen LogP contribution in [0.25, 0.3) is 10.2 Å². The van der Waals surface area contributed by atoms with Crippen molar-refractivity contribution >= 4 is 44.2 Å². The van der Waals surface area contributed by atoms with Crippen LogP contribution in [0.5, 0.6) is 34.5 Å². The topological polar surface area (TPSA) is 118 Å². The molecule has 0 spiro atoms. The molecule has 0 unspecified atom stereocenters. The lowest BCUT2D eigenvalue weighted by Crippen LogP contribution is -2.47. The Morgan fingerprint density at radius 2 is 1.71 bits per heavy atom. The molecule has 1 N–H and O–H groups in total. The van der Waals surface area contributed by atoms with Crippen LogP contribution in [0.15, 0.2) is 48.5 Å². The first kappa shape index (κ1) is 27.5. The van der Waals surface area contributed by atoms with Gasteiger partial charge in [-0.3, -0.25) is 9.59 Å². The van der Waals surface area contributed by atoms with Crippen molar-refractivity contribution in [3.05, 3.63) is 54.1 Å². The molecule has 0 saturated carbocycles. The highest BCUT2D eigenvalue weighted by Crippen LogP contribution is 2.47. The Morgan fingerprint density at radius 3 is 2.43 bits per heavy atom. The molecule has 42 heavy (non-hydrogen) atoms. The summed E-state index contributed by atoms with van der Waals surface area (Å²) in [6.45, 7) is 0.0993. The van der Waals surface area contributed by atoms with E-state index in [2.05, 4.69) is 10.3 Å². The van der Waals surface area contributed by atoms with Crippen LogP contribution in [0.2, 0.25) is 0 Å². The molecule has 2 amide bonds. The maximum Gasteiger partial charge on any atom is 0.231 e. The van der Waals surface area contributed by atoms with Gasteiger partial charge < -0.3 is 38.6 Å². The molecular formula is C30H29N3O8S. The maximum atomic E-state index is 14.0. The summed E-state index contributed by atoms with van der Waals surface area (Å²) in [4.78, 5) is 33.9. The molecule has 0 radical (unpaired) electrons. The third kappa shape index (κ3) is 4.87. The van der Waals surface area contributed by atoms with Crippen LogP contribution in [0.3, 0.4) is 0 Å². The van der Waals surface area contributed by atoms with E-state index in [1.165, 1.54) is 32.7 Å². The minimum atomic E-state index is -0.713. The van der Waals surface area contributed by atoms with E-state index in [4.69, 9.17) is 28.4 Å². The largest absolute Gasteiger partial charge is 0.497 e. The second-order valence-electron chi connectivity index (χ2n) is 9.69. The van der Waals surface area contributed by atoms with Crippen LogP contribution in [0, 0.1) is 5.92 Å². The second-order valence-corrected chi connectivity index (χ2v) is 10.7. The van der Waals surface area contributed by atoms with Crippen molar-refractivity contribution < 1.29 is 38.0 Å². The van der Waals surface area contributed by atoms with Gasteiger partial charge in [-0.1, -0.05) is 11.3 Å². The molecule has 3 aromatic carbocycles. The van der Waals surface area contributed by atoms with Gasteiger partial charge in [0.1, 0.15) is 5.75 Å². The second kappa shape index (κ2) is 11.3. The molecule has 4 aromatic rings. The minimum Gasteiger partial charge on any atom is -0.497 e. The Kier molecular flexibility index (Phi) is 7.38. The summed E-state index contributed by atoms with van der Waals surface area (Å²) in [5.74, 6) is 2.02. The number of aromatic nitrogens is 1. The Hall–Kier alpha value is -4.71. The third-order valence-electron chi connectivity index (χ3n) is 7.42. The van der Waals surface area contributed by atoms with Gasteiger partial charge in [-0.2, -0.15) is 0 Å². The average molecular weight is 592 g/mol. The van der Waals surface area contributed by atoms with Gasteiger partial charge >= 0.3 is 0 Å². The maximum absolute atomic E-state index is 14.0. The number of ether oxygens (including phenoxy) is 6. The number of amides is 2. The molecule has 2 aliphatic heterocycles. The number of carbonyl (C=O) groups excluding carboxylic acids is 2. The summed E-state index contributed by atoms with van der Waals surface area (Å²) in [6, 6.07) is 13.7. The zero-order chi connectivity index (χ0) is 29.4. The first-order valence-electron chi connectivity index (χ1n) is 13.2. The fourth-order valence-electron chi connectivity index (χ4n) is 5.44. The number of carbonyl (C=O) groups is 2. The standard InChI is InChI=1S/C30H29N3O8S/c1-36-18-6-8-20-25(14-18)42-30(31-20)32-29(35)19-7-10-26(34)33(17-5-9-21-22(13-17)41-15-40-21)27(19)16-11-23(37-2)28(39-4)24(12-16)38-3/h5-6,8-9,11-14,19,27H,7,10,15H2,1-4H3,(H,31,32,35)/t19-,27+/m0/s1. The predicted molar refractivity (Wildman–Crippen MR) is 156 cm³/mol. The predicted octanol–water partition coefficient (Wildman–Crippen LogP) is 5.18. The number of benzene rings is 3. The SMILES string of the molecule is COc1ccc2nc(NC(=O)[C@H]3CCC(=O)N(c4ccc5c(c4)OCO5)[C@@H]3c3cc(OC)c(OC)c(OC)c3)sc2c1. The summed E-state index contributed by atoms with van der Waals surface area (Å²) < 4.78 is 34.0. The number of hydrogen-bond donors (Lipinski definition) is 1. The molecule has 0 aliphatic carbocycles. The molecule has 2 aliphatic rings. The van der Waals surface area contributed by atoms with Gasteiger partial charge in [-0.15, -0.1) is 0 Å². The van der Waals surface area contributed by atoms with Gasteiger partial charge in [0.25, 0.3) is 0 Å². The summed E-state index contributed by atoms with van der Waals surface area (Å²) in [5.41, 5.74) is 1.97. The van der Waals surface area contributed by atoms with Crippen molar-refractivity contribution in [1.29, 1.82) is 0 Å². The Morgan fingerprint density at radius 1 is 0.952 bits per heavy atom. The van der Waals surface area contributed by atoms with Gasteiger partial charge in [0.2, 0.25) is 24.4 Å². The van der Waals surface area contributed by atoms with E-state index in [-0.39, 0.29) is 25.0 Å². The zero-order valence-corrected chi connectivity index (χ0v) is 24.3. The number of hydrogen-bond acceptors (Lipinski definition) is 10. The first-order chi connectivity index (χ1) is 20.4. The van der Waals surface area contributed by atoms with Crippen molar-refractivity contribution in [3.63, 3.8) is 0 Å². The lowest BCUT2D eigenvalue weighted by Gasteiger charge is -2.41. The lowest BCUT2D eigenvalue weighted by molar-refractivity contribution is -0.125. The summed E-state index contributed by atoms with van der Waals surface area (Å²) in [5, 5.41) is 3.46. The summed E-state index contributed by atoms with van der Waals surface area (Å²) in [7, 11) is 6.17. The van der Waals surface area contributed by atoms with Crippen LogP contribution in [0.4, 0.5) is 10.8 Å². The highest BCUT2D eigenvalue weighted by atomic mass is 32.1. The fraction of sp³-hybridized carbons (Fsp3) is 0.300. The highest BCUT2D eigenvalue weighted by molar-refractivity contribution is 7.22. The van der Waals surface area contributed by atoms with Crippen molar-refractivity contribution in [2.24, 2.45) is 5.92 Å². The smallest absolute Gasteiger partial charge is 0.231 e. The van der Waals surface area contributed by atoms with Crippen molar-refractivity contribution in [2.45, 2.75) is 18.9 Å². The number of nitrogens with zero attached hydrogens (tertiary/aromatic N) is 2. The first-order valence-corrected chi connectivity index (χ1v) is 14.0. The molecule has 2 atom stereocenters. The van der Waals surface area contributed by atoms with E-state index in [1.807, 2.05) is 18.2 Å². The van der Waals surface area contributed by atoms with Gasteiger partial charge in [-0.25, -0.2) is 4.98 Å². The van der Waals surface area contributed by atoms with Crippen molar-refractivity contribution in [1.82, 2.24) is 4.98 Å². The molecule has 11 nitrogen and oxygen atoms in total. The number of thiazole rings is 1. The monoisotopic (exact) mass is 591 g/mol. The number of nitrogens with one attached hydrogen (secondary N) is 1. The number of anilines is 2. The van der Waals surface area contributed by atoms with Crippen molar-refractivity contribution in [3.8, 4) is 34.5 Å². The van der Waals surface area contributed by atoms with Gasteiger partial charge in [-0.05, 0) is 54.4 Å². The Bertz CT molecular complexity index is 1650. The van der Waals surface area contributed by atoms with Crippen LogP contribution in [0.1, 0.15) is 24.4 Å².